The van der Waals surface area contributed by atoms with Crippen LogP contribution < -0.4 is 0 Å². The van der Waals surface area contributed by atoms with E-state index in [1.54, 1.807) is 24.7 Å². The standard InChI is InChI=1S/C4H4N2.CH4S.H2O/c1-2-5-4-6-3-1;1-2;/h1-4H;2H,1H3;1H2. The summed E-state index contributed by atoms with van der Waals surface area (Å²) < 4.78 is 0. The smallest absolute Gasteiger partial charge is 0.115 e. The van der Waals surface area contributed by atoms with Crippen molar-refractivity contribution in [2.75, 3.05) is 6.26 Å². The number of nitrogens with zero attached hydrogens (tertiary/aromatic N) is 2. The molecule has 2 N–H and O–H groups in total. The summed E-state index contributed by atoms with van der Waals surface area (Å²) in [6.45, 7) is 0. The molecule has 3 nitrogen and oxygen atoms in total. The summed E-state index contributed by atoms with van der Waals surface area (Å²) in [4.78, 5) is 7.35. The number of rotatable bonds is 0. The zero-order valence-electron chi connectivity index (χ0n) is 5.15. The highest BCUT2D eigenvalue weighted by molar-refractivity contribution is 7.79. The van der Waals surface area contributed by atoms with Crippen LogP contribution in [0.25, 0.3) is 0 Å². The minimum atomic E-state index is 0. The summed E-state index contributed by atoms with van der Waals surface area (Å²) in [6, 6.07) is 1.78. The van der Waals surface area contributed by atoms with E-state index in [1.165, 1.54) is 6.33 Å². The highest BCUT2D eigenvalue weighted by Crippen LogP contribution is 1.66. The van der Waals surface area contributed by atoms with Gasteiger partial charge in [0, 0.05) is 12.4 Å². The van der Waals surface area contributed by atoms with Crippen LogP contribution in [0.5, 0.6) is 0 Å². The first-order chi connectivity index (χ1) is 4.00. The van der Waals surface area contributed by atoms with Gasteiger partial charge >= 0.3 is 0 Å². The third kappa shape index (κ3) is 7.39. The lowest BCUT2D eigenvalue weighted by molar-refractivity contribution is 0.824. The highest BCUT2D eigenvalue weighted by atomic mass is 32.1. The summed E-state index contributed by atoms with van der Waals surface area (Å²) in [5.41, 5.74) is 0. The first-order valence-electron chi connectivity index (χ1n) is 2.15. The molecule has 0 fully saturated rings. The Hall–Kier alpha value is -0.610. The van der Waals surface area contributed by atoms with Gasteiger partial charge in [0.1, 0.15) is 6.33 Å². The van der Waals surface area contributed by atoms with Crippen molar-refractivity contribution in [1.82, 2.24) is 9.97 Å². The van der Waals surface area contributed by atoms with Crippen molar-refractivity contribution in [3.63, 3.8) is 0 Å². The van der Waals surface area contributed by atoms with E-state index < -0.39 is 0 Å². The quantitative estimate of drug-likeness (QED) is 0.531. The summed E-state index contributed by atoms with van der Waals surface area (Å²) in [5, 5.41) is 0. The largest absolute Gasteiger partial charge is 0.412 e. The monoisotopic (exact) mass is 146 g/mol. The molecule has 0 aliphatic heterocycles. The van der Waals surface area contributed by atoms with Gasteiger partial charge in [0.25, 0.3) is 0 Å². The van der Waals surface area contributed by atoms with Crippen LogP contribution >= 0.6 is 12.6 Å². The van der Waals surface area contributed by atoms with Gasteiger partial charge in [-0.3, -0.25) is 0 Å². The van der Waals surface area contributed by atoms with Crippen molar-refractivity contribution >= 4 is 12.6 Å². The Kier molecular flexibility index (Phi) is 13.0. The first kappa shape index (κ1) is 11.2. The lowest BCUT2D eigenvalue weighted by Gasteiger charge is -1.70. The van der Waals surface area contributed by atoms with Crippen LogP contribution in [-0.4, -0.2) is 21.7 Å². The number of thiol groups is 1. The van der Waals surface area contributed by atoms with Crippen LogP contribution in [0, 0.1) is 0 Å². The zero-order valence-corrected chi connectivity index (χ0v) is 6.05. The van der Waals surface area contributed by atoms with Crippen LogP contribution in [-0.2, 0) is 0 Å². The molecule has 0 saturated heterocycles. The van der Waals surface area contributed by atoms with Crippen LogP contribution in [0.15, 0.2) is 24.8 Å². The third-order valence-corrected chi connectivity index (χ3v) is 0.478. The Morgan fingerprint density at radius 2 is 1.56 bits per heavy atom. The minimum Gasteiger partial charge on any atom is -0.412 e. The van der Waals surface area contributed by atoms with Crippen molar-refractivity contribution in [2.24, 2.45) is 0 Å². The fourth-order valence-corrected chi connectivity index (χ4v) is 0.253. The van der Waals surface area contributed by atoms with Crippen molar-refractivity contribution < 1.29 is 5.48 Å². The van der Waals surface area contributed by atoms with E-state index in [0.717, 1.165) is 0 Å². The molecule has 0 aromatic carbocycles. The summed E-state index contributed by atoms with van der Waals surface area (Å²) in [7, 11) is 0. The van der Waals surface area contributed by atoms with Crippen LogP contribution in [0.4, 0.5) is 0 Å². The van der Waals surface area contributed by atoms with Crippen molar-refractivity contribution in [3.05, 3.63) is 24.8 Å². The van der Waals surface area contributed by atoms with E-state index >= 15 is 0 Å². The average Bonchev–Trinajstić information content (AvgIpc) is 1.96. The maximum absolute atomic E-state index is 3.67. The van der Waals surface area contributed by atoms with Crippen molar-refractivity contribution in [3.8, 4) is 0 Å². The molecule has 52 valence electrons. The Morgan fingerprint density at radius 1 is 1.11 bits per heavy atom. The molecule has 1 aromatic rings. The highest BCUT2D eigenvalue weighted by Gasteiger charge is 1.59. The zero-order chi connectivity index (χ0) is 6.24. The summed E-state index contributed by atoms with van der Waals surface area (Å²) in [5.74, 6) is 0. The maximum Gasteiger partial charge on any atom is 0.115 e. The summed E-state index contributed by atoms with van der Waals surface area (Å²) in [6.07, 6.45) is 6.57. The molecular weight excluding hydrogens is 136 g/mol. The van der Waals surface area contributed by atoms with Gasteiger partial charge in [-0.05, 0) is 12.3 Å². The normalized spacial score (nSPS) is 6.00. The molecule has 0 unspecified atom stereocenters. The third-order valence-electron chi connectivity index (χ3n) is 0.478. The van der Waals surface area contributed by atoms with Crippen molar-refractivity contribution in [2.45, 2.75) is 0 Å². The number of hydrogen-bond acceptors (Lipinski definition) is 3. The molecule has 9 heavy (non-hydrogen) atoms. The molecule has 1 aromatic heterocycles. The molecule has 0 bridgehead atoms. The maximum atomic E-state index is 3.67. The van der Waals surface area contributed by atoms with E-state index in [9.17, 15) is 0 Å². The van der Waals surface area contributed by atoms with Gasteiger partial charge in [0.05, 0.1) is 0 Å². The Bertz CT molecular complexity index is 86.9. The van der Waals surface area contributed by atoms with Crippen molar-refractivity contribution in [1.29, 1.82) is 0 Å². The fourth-order valence-electron chi connectivity index (χ4n) is 0.253. The minimum absolute atomic E-state index is 0. The molecule has 1 rings (SSSR count). The van der Waals surface area contributed by atoms with Crippen LogP contribution in [0.2, 0.25) is 0 Å². The molecule has 0 saturated carbocycles. The average molecular weight is 146 g/mol. The van der Waals surface area contributed by atoms with Gasteiger partial charge < -0.3 is 5.48 Å². The lowest BCUT2D eigenvalue weighted by Crippen LogP contribution is -1.66. The van der Waals surface area contributed by atoms with E-state index in [2.05, 4.69) is 22.6 Å². The predicted octanol–water partition coefficient (Wildman–Crippen LogP) is 0.198. The van der Waals surface area contributed by atoms with E-state index in [0.29, 0.717) is 0 Å². The van der Waals surface area contributed by atoms with Crippen LogP contribution in [0.3, 0.4) is 0 Å². The second-order valence-electron chi connectivity index (χ2n) is 0.904. The molecule has 4 heteroatoms. The topological polar surface area (TPSA) is 57.3 Å². The number of aromatic nitrogens is 2. The SMILES string of the molecule is CS.O.c1cncnc1. The van der Waals surface area contributed by atoms with Gasteiger partial charge in [-0.15, -0.1) is 0 Å². The molecular formula is C5H10N2OS. The van der Waals surface area contributed by atoms with E-state index in [-0.39, 0.29) is 5.48 Å². The molecule has 0 aliphatic rings. The van der Waals surface area contributed by atoms with E-state index in [4.69, 9.17) is 0 Å². The van der Waals surface area contributed by atoms with Gasteiger partial charge in [0.15, 0.2) is 0 Å². The molecule has 1 heterocycles. The van der Waals surface area contributed by atoms with Gasteiger partial charge in [-0.2, -0.15) is 12.6 Å². The Labute approximate surface area is 59.9 Å². The first-order valence-corrected chi connectivity index (χ1v) is 3.04. The second kappa shape index (κ2) is 10.4. The van der Waals surface area contributed by atoms with Crippen LogP contribution in [0.1, 0.15) is 0 Å². The Morgan fingerprint density at radius 3 is 1.67 bits per heavy atom. The van der Waals surface area contributed by atoms with Gasteiger partial charge in [-0.25, -0.2) is 9.97 Å². The second-order valence-corrected chi connectivity index (χ2v) is 0.904. The van der Waals surface area contributed by atoms with Gasteiger partial charge in [-0.1, -0.05) is 0 Å². The van der Waals surface area contributed by atoms with Gasteiger partial charge in [0.2, 0.25) is 0 Å². The fraction of sp³-hybridized carbons (Fsp3) is 0.200. The molecule has 0 atom stereocenters. The molecule has 0 aliphatic carbocycles. The predicted molar refractivity (Wildman–Crippen MR) is 40.6 cm³/mol. The van der Waals surface area contributed by atoms with E-state index in [1.807, 2.05) is 0 Å². The lowest BCUT2D eigenvalue weighted by atomic mass is 10.7. The molecule has 0 amide bonds. The Balaban J connectivity index is 0. The number of hydrogen-bond donors (Lipinski definition) is 1. The molecule has 0 spiro atoms. The summed E-state index contributed by atoms with van der Waals surface area (Å²) >= 11 is 3.53. The molecule has 0 radical (unpaired) electrons.